The molecule has 16 nitrogen and oxygen atoms in total. The topological polar surface area (TPSA) is 187 Å². The van der Waals surface area contributed by atoms with E-state index < -0.39 is 23.8 Å². The summed E-state index contributed by atoms with van der Waals surface area (Å²) in [6.07, 6.45) is 3.35. The van der Waals surface area contributed by atoms with Crippen LogP contribution in [0.1, 0.15) is 5.56 Å². The molecule has 3 heterocycles. The Morgan fingerprint density at radius 2 is 1.76 bits per heavy atom. The first-order valence-electron chi connectivity index (χ1n) is 15.0. The van der Waals surface area contributed by atoms with Crippen molar-refractivity contribution < 1.29 is 48.3 Å². The van der Waals surface area contributed by atoms with Gasteiger partial charge in [-0.3, -0.25) is 5.43 Å². The maximum atomic E-state index is 11.8. The van der Waals surface area contributed by atoms with E-state index in [1.54, 1.807) is 36.3 Å². The molecule has 5 rings (SSSR count). The van der Waals surface area contributed by atoms with E-state index in [4.69, 9.17) is 57.1 Å². The molecule has 2 aliphatic heterocycles. The fourth-order valence-corrected chi connectivity index (χ4v) is 5.38. The van der Waals surface area contributed by atoms with Crippen LogP contribution in [0.4, 0.5) is 10.5 Å². The van der Waals surface area contributed by atoms with Gasteiger partial charge in [0.2, 0.25) is 5.79 Å². The van der Waals surface area contributed by atoms with Crippen molar-refractivity contribution in [3.05, 3.63) is 82.9 Å². The zero-order chi connectivity index (χ0) is 35.2. The van der Waals surface area contributed by atoms with Gasteiger partial charge in [0.05, 0.1) is 18.2 Å². The van der Waals surface area contributed by atoms with Crippen molar-refractivity contribution in [1.82, 2.24) is 25.2 Å². The van der Waals surface area contributed by atoms with Gasteiger partial charge in [0, 0.05) is 61.7 Å². The van der Waals surface area contributed by atoms with E-state index in [0.717, 1.165) is 24.5 Å². The molecule has 2 saturated heterocycles. The molecule has 0 spiro atoms. The van der Waals surface area contributed by atoms with Crippen LogP contribution in [0.3, 0.4) is 0 Å². The van der Waals surface area contributed by atoms with Crippen molar-refractivity contribution in [1.29, 1.82) is 0 Å². The van der Waals surface area contributed by atoms with Crippen LogP contribution in [0.15, 0.2) is 67.3 Å². The summed E-state index contributed by atoms with van der Waals surface area (Å²) in [5.41, 5.74) is 4.49. The van der Waals surface area contributed by atoms with Crippen LogP contribution in [0.2, 0.25) is 10.0 Å². The number of anilines is 1. The Labute approximate surface area is 291 Å². The molecule has 2 fully saturated rings. The minimum absolute atomic E-state index is 0.219. The average molecular weight is 724 g/mol. The first-order valence-corrected chi connectivity index (χ1v) is 15.7. The van der Waals surface area contributed by atoms with Gasteiger partial charge in [0.1, 0.15) is 44.3 Å². The van der Waals surface area contributed by atoms with Crippen molar-refractivity contribution in [3.63, 3.8) is 0 Å². The molecule has 2 atom stereocenters. The van der Waals surface area contributed by atoms with Gasteiger partial charge in [-0.2, -0.15) is 5.10 Å². The molecule has 2 aliphatic rings. The summed E-state index contributed by atoms with van der Waals surface area (Å²) in [5, 5.41) is 22.6. The summed E-state index contributed by atoms with van der Waals surface area (Å²) in [7, 11) is 1.56. The lowest BCUT2D eigenvalue weighted by atomic mass is 10.1. The standard InChI is InChI=1S/C27H32Cl2N6O6.C4H4O4/c1-37-12-13-38-26(36)32-34-10-8-33(9-11-34)21-3-5-22(6-4-21)39-15-23-16-40-27(41-23,17-35-19-30-18-31-35)24-7-2-20(28)14-25(24)29;5-3(6)1-2-4(7)8/h2-7,14,18-19,23H,8-13,15-17H2,1H3,(H,32,36);1-2H,(H,5,6)(H,7,8)/b;2-1+/t23-,27-;/m1./s1. The monoisotopic (exact) mass is 722 g/mol. The molecule has 0 bridgehead atoms. The number of carbonyl (C=O) groups excluding carboxylic acids is 1. The van der Waals surface area contributed by atoms with Crippen LogP contribution in [0.5, 0.6) is 5.75 Å². The third kappa shape index (κ3) is 11.6. The number of hydrogen-bond donors (Lipinski definition) is 3. The van der Waals surface area contributed by atoms with Gasteiger partial charge in [0.15, 0.2) is 0 Å². The Hall–Kier alpha value is -4.45. The molecule has 0 saturated carbocycles. The number of carboxylic acids is 2. The van der Waals surface area contributed by atoms with E-state index in [9.17, 15) is 14.4 Å². The number of benzene rings is 2. The number of halogens is 2. The zero-order valence-electron chi connectivity index (χ0n) is 26.4. The second kappa shape index (κ2) is 18.4. The van der Waals surface area contributed by atoms with Crippen LogP contribution >= 0.6 is 23.2 Å². The van der Waals surface area contributed by atoms with Crippen LogP contribution in [-0.2, 0) is 40.9 Å². The largest absolute Gasteiger partial charge is 0.491 e. The summed E-state index contributed by atoms with van der Waals surface area (Å²) in [6, 6.07) is 13.1. The molecule has 0 aliphatic carbocycles. The molecule has 2 aromatic carbocycles. The quantitative estimate of drug-likeness (QED) is 0.173. The number of carbonyl (C=O) groups is 3. The summed E-state index contributed by atoms with van der Waals surface area (Å²) in [5.74, 6) is -2.96. The molecule has 49 heavy (non-hydrogen) atoms. The van der Waals surface area contributed by atoms with Gasteiger partial charge in [-0.05, 0) is 36.4 Å². The van der Waals surface area contributed by atoms with Gasteiger partial charge in [-0.15, -0.1) is 0 Å². The third-order valence-corrected chi connectivity index (χ3v) is 7.64. The molecule has 0 unspecified atom stereocenters. The van der Waals surface area contributed by atoms with Gasteiger partial charge in [-0.1, -0.05) is 29.3 Å². The maximum Gasteiger partial charge on any atom is 0.421 e. The van der Waals surface area contributed by atoms with E-state index in [2.05, 4.69) is 20.4 Å². The lowest BCUT2D eigenvalue weighted by molar-refractivity contribution is -0.190. The van der Waals surface area contributed by atoms with E-state index >= 15 is 0 Å². The number of nitrogens with zero attached hydrogens (tertiary/aromatic N) is 5. The highest BCUT2D eigenvalue weighted by Crippen LogP contribution is 2.40. The normalized spacial score (nSPS) is 19.2. The number of ether oxygens (including phenoxy) is 5. The van der Waals surface area contributed by atoms with E-state index in [-0.39, 0.29) is 25.9 Å². The number of piperazine rings is 1. The number of methoxy groups -OCH3 is 1. The molecule has 1 aromatic heterocycles. The molecule has 3 aromatic rings. The lowest BCUT2D eigenvalue weighted by Gasteiger charge is -2.35. The van der Waals surface area contributed by atoms with Gasteiger partial charge >= 0.3 is 18.0 Å². The summed E-state index contributed by atoms with van der Waals surface area (Å²) >= 11 is 12.7. The summed E-state index contributed by atoms with van der Waals surface area (Å²) in [4.78, 5) is 37.2. The van der Waals surface area contributed by atoms with Crippen molar-refractivity contribution in [2.75, 3.05) is 64.6 Å². The first-order chi connectivity index (χ1) is 23.6. The molecule has 18 heteroatoms. The van der Waals surface area contributed by atoms with Crippen LogP contribution < -0.4 is 15.1 Å². The van der Waals surface area contributed by atoms with Crippen molar-refractivity contribution in [2.45, 2.75) is 18.4 Å². The molecule has 3 N–H and O–H groups in total. The minimum Gasteiger partial charge on any atom is -0.491 e. The van der Waals surface area contributed by atoms with E-state index in [1.807, 2.05) is 29.3 Å². The van der Waals surface area contributed by atoms with Crippen LogP contribution in [-0.4, -0.2) is 114 Å². The fraction of sp³-hybridized carbons (Fsp3) is 0.387. The average Bonchev–Trinajstić information content (AvgIpc) is 3.74. The molecule has 0 radical (unpaired) electrons. The number of nitrogens with one attached hydrogen (secondary N) is 1. The molecule has 1 amide bonds. The predicted molar refractivity (Wildman–Crippen MR) is 175 cm³/mol. The Bertz CT molecular complexity index is 1540. The van der Waals surface area contributed by atoms with E-state index in [0.29, 0.717) is 54.1 Å². The van der Waals surface area contributed by atoms with Crippen molar-refractivity contribution in [3.8, 4) is 5.75 Å². The van der Waals surface area contributed by atoms with Gasteiger partial charge < -0.3 is 38.8 Å². The van der Waals surface area contributed by atoms with Crippen LogP contribution in [0, 0.1) is 0 Å². The number of rotatable bonds is 13. The maximum absolute atomic E-state index is 11.8. The molecular weight excluding hydrogens is 687 g/mol. The second-order valence-corrected chi connectivity index (χ2v) is 11.4. The number of amides is 1. The van der Waals surface area contributed by atoms with Gasteiger partial charge in [-0.25, -0.2) is 29.1 Å². The number of hydrazine groups is 1. The summed E-state index contributed by atoms with van der Waals surface area (Å²) in [6.45, 7) is 4.30. The zero-order valence-corrected chi connectivity index (χ0v) is 28.0. The number of aliphatic carboxylic acids is 2. The summed E-state index contributed by atoms with van der Waals surface area (Å²) < 4.78 is 30.3. The smallest absolute Gasteiger partial charge is 0.421 e. The number of aromatic nitrogens is 3. The van der Waals surface area contributed by atoms with Crippen molar-refractivity contribution >= 4 is 46.9 Å². The predicted octanol–water partition coefficient (Wildman–Crippen LogP) is 3.05. The lowest BCUT2D eigenvalue weighted by Crippen LogP contribution is -2.53. The Morgan fingerprint density at radius 1 is 1.04 bits per heavy atom. The SMILES string of the molecule is COCCOC(=O)NN1CCN(c2ccc(OC[C@@H]3CO[C@@](Cn4cncn4)(c4ccc(Cl)cc4Cl)O3)cc2)CC1.O=C(O)/C=C/C(=O)O. The minimum atomic E-state index is -1.26. The van der Waals surface area contributed by atoms with Crippen molar-refractivity contribution in [2.24, 2.45) is 0 Å². The highest BCUT2D eigenvalue weighted by molar-refractivity contribution is 6.35. The third-order valence-electron chi connectivity index (χ3n) is 7.09. The second-order valence-electron chi connectivity index (χ2n) is 10.6. The molecule has 264 valence electrons. The Morgan fingerprint density at radius 3 is 2.37 bits per heavy atom. The fourth-order valence-electron chi connectivity index (χ4n) is 4.82. The van der Waals surface area contributed by atoms with Gasteiger partial charge in [0.25, 0.3) is 0 Å². The highest BCUT2D eigenvalue weighted by Gasteiger charge is 2.45. The number of carboxylic acid groups (broad SMARTS) is 2. The van der Waals surface area contributed by atoms with Crippen LogP contribution in [0.25, 0.3) is 0 Å². The Balaban J connectivity index is 0.000000603. The highest BCUT2D eigenvalue weighted by atomic mass is 35.5. The Kier molecular flexibility index (Phi) is 14.0. The molecular formula is C31H36Cl2N6O10. The number of hydrogen-bond acceptors (Lipinski definition) is 12. The van der Waals surface area contributed by atoms with E-state index in [1.165, 1.54) is 6.33 Å². The first kappa shape index (κ1) is 37.4.